The topological polar surface area (TPSA) is 35.8 Å². The maximum Gasteiger partial charge on any atom is 0.0991 e. The Balaban J connectivity index is 2.45. The van der Waals surface area contributed by atoms with E-state index in [1.165, 1.54) is 0 Å². The molecule has 1 aromatic rings. The van der Waals surface area contributed by atoms with Gasteiger partial charge in [0.25, 0.3) is 0 Å². The van der Waals surface area contributed by atoms with Gasteiger partial charge in [0.05, 0.1) is 11.6 Å². The van der Waals surface area contributed by atoms with Crippen molar-refractivity contribution in [1.29, 1.82) is 5.26 Å². The summed E-state index contributed by atoms with van der Waals surface area (Å²) in [5.74, 6) is 2.62. The van der Waals surface area contributed by atoms with Crippen molar-refractivity contribution >= 4 is 0 Å². The van der Waals surface area contributed by atoms with Crippen LogP contribution in [0, 0.1) is 23.7 Å². The first-order valence-corrected chi connectivity index (χ1v) is 4.92. The lowest BCUT2D eigenvalue weighted by Gasteiger charge is -2.10. The summed E-state index contributed by atoms with van der Waals surface area (Å²) in [7, 11) is 0. The van der Waals surface area contributed by atoms with Crippen molar-refractivity contribution in [3.8, 4) is 18.4 Å². The van der Waals surface area contributed by atoms with Gasteiger partial charge in [0, 0.05) is 19.0 Å². The lowest BCUT2D eigenvalue weighted by atomic mass is 10.1. The highest BCUT2D eigenvalue weighted by molar-refractivity contribution is 5.31. The number of nitriles is 1. The van der Waals surface area contributed by atoms with Gasteiger partial charge in [-0.1, -0.05) is 12.1 Å². The highest BCUT2D eigenvalue weighted by atomic mass is 14.9. The van der Waals surface area contributed by atoms with Crippen molar-refractivity contribution in [1.82, 2.24) is 5.32 Å². The average Bonchev–Trinajstić information content (AvgIpc) is 2.27. The maximum atomic E-state index is 8.63. The van der Waals surface area contributed by atoms with Crippen molar-refractivity contribution < 1.29 is 0 Å². The lowest BCUT2D eigenvalue weighted by Crippen LogP contribution is -2.24. The molecule has 2 heteroatoms. The van der Waals surface area contributed by atoms with Gasteiger partial charge in [-0.15, -0.1) is 12.3 Å². The van der Waals surface area contributed by atoms with Gasteiger partial charge in [-0.2, -0.15) is 5.26 Å². The molecule has 0 heterocycles. The van der Waals surface area contributed by atoms with Crippen LogP contribution in [-0.4, -0.2) is 6.04 Å². The second-order valence-electron chi connectivity index (χ2n) is 3.50. The third-order valence-corrected chi connectivity index (χ3v) is 2.16. The zero-order valence-corrected chi connectivity index (χ0v) is 8.83. The summed E-state index contributed by atoms with van der Waals surface area (Å²) in [5, 5.41) is 11.9. The standard InChI is InChI=1S/C13H14N2/c1-3-4-11(2)15-10-13-7-5-12(9-14)6-8-13/h1,5-8,11,15H,4,10H2,2H3. The molecule has 0 spiro atoms. The Morgan fingerprint density at radius 1 is 1.40 bits per heavy atom. The summed E-state index contributed by atoms with van der Waals surface area (Å²) in [6.45, 7) is 2.85. The minimum atomic E-state index is 0.325. The fourth-order valence-electron chi connectivity index (χ4n) is 1.24. The number of hydrogen-bond acceptors (Lipinski definition) is 2. The normalized spacial score (nSPS) is 11.4. The molecule has 2 nitrogen and oxygen atoms in total. The largest absolute Gasteiger partial charge is 0.309 e. The maximum absolute atomic E-state index is 8.63. The summed E-state index contributed by atoms with van der Waals surface area (Å²) in [4.78, 5) is 0. The Morgan fingerprint density at radius 3 is 2.60 bits per heavy atom. The minimum Gasteiger partial charge on any atom is -0.309 e. The molecule has 0 fully saturated rings. The number of nitrogens with zero attached hydrogens (tertiary/aromatic N) is 1. The fourth-order valence-corrected chi connectivity index (χ4v) is 1.24. The predicted molar refractivity (Wildman–Crippen MR) is 60.9 cm³/mol. The van der Waals surface area contributed by atoms with Crippen molar-refractivity contribution in [2.75, 3.05) is 0 Å². The summed E-state index contributed by atoms with van der Waals surface area (Å²) >= 11 is 0. The number of terminal acetylenes is 1. The first-order chi connectivity index (χ1) is 7.26. The molecule has 0 aliphatic carbocycles. The van der Waals surface area contributed by atoms with Crippen molar-refractivity contribution in [2.24, 2.45) is 0 Å². The second kappa shape index (κ2) is 5.86. The molecule has 1 aromatic carbocycles. The molecule has 0 bridgehead atoms. The first kappa shape index (κ1) is 11.3. The summed E-state index contributed by atoms with van der Waals surface area (Å²) in [5.41, 5.74) is 1.85. The van der Waals surface area contributed by atoms with E-state index in [9.17, 15) is 0 Å². The van der Waals surface area contributed by atoms with E-state index in [4.69, 9.17) is 11.7 Å². The molecule has 0 aromatic heterocycles. The van der Waals surface area contributed by atoms with E-state index in [1.54, 1.807) is 0 Å². The van der Waals surface area contributed by atoms with E-state index in [1.807, 2.05) is 24.3 Å². The van der Waals surface area contributed by atoms with Crippen molar-refractivity contribution in [2.45, 2.75) is 25.9 Å². The molecule has 0 aliphatic heterocycles. The van der Waals surface area contributed by atoms with E-state index in [0.29, 0.717) is 11.6 Å². The van der Waals surface area contributed by atoms with Crippen LogP contribution in [-0.2, 0) is 6.54 Å². The molecule has 0 radical (unpaired) electrons. The Labute approximate surface area is 90.9 Å². The van der Waals surface area contributed by atoms with Gasteiger partial charge >= 0.3 is 0 Å². The van der Waals surface area contributed by atoms with Gasteiger partial charge in [-0.05, 0) is 24.6 Å². The van der Waals surface area contributed by atoms with Crippen LogP contribution in [0.15, 0.2) is 24.3 Å². The van der Waals surface area contributed by atoms with Gasteiger partial charge in [-0.3, -0.25) is 0 Å². The van der Waals surface area contributed by atoms with Crippen LogP contribution in [0.4, 0.5) is 0 Å². The Bertz CT molecular complexity index is 378. The van der Waals surface area contributed by atoms with Gasteiger partial charge in [0.15, 0.2) is 0 Å². The smallest absolute Gasteiger partial charge is 0.0991 e. The predicted octanol–water partition coefficient (Wildman–Crippen LogP) is 2.06. The molecule has 1 unspecified atom stereocenters. The number of rotatable bonds is 4. The van der Waals surface area contributed by atoms with Crippen molar-refractivity contribution in [3.05, 3.63) is 35.4 Å². The van der Waals surface area contributed by atoms with E-state index in [2.05, 4.69) is 24.2 Å². The third-order valence-electron chi connectivity index (χ3n) is 2.16. The SMILES string of the molecule is C#CCC(C)NCc1ccc(C#N)cc1. The van der Waals surface area contributed by atoms with Gasteiger partial charge in [0.2, 0.25) is 0 Å². The highest BCUT2D eigenvalue weighted by Crippen LogP contribution is 2.03. The number of hydrogen-bond donors (Lipinski definition) is 1. The zero-order chi connectivity index (χ0) is 11.1. The zero-order valence-electron chi connectivity index (χ0n) is 8.83. The molecule has 1 rings (SSSR count). The van der Waals surface area contributed by atoms with E-state index < -0.39 is 0 Å². The van der Waals surface area contributed by atoms with Gasteiger partial charge in [-0.25, -0.2) is 0 Å². The number of nitrogens with one attached hydrogen (secondary N) is 1. The van der Waals surface area contributed by atoms with Crippen molar-refractivity contribution in [3.63, 3.8) is 0 Å². The van der Waals surface area contributed by atoms with Crippen LogP contribution in [0.25, 0.3) is 0 Å². The van der Waals surface area contributed by atoms with E-state index in [0.717, 1.165) is 18.5 Å². The molecule has 0 amide bonds. The molecule has 0 saturated heterocycles. The Morgan fingerprint density at radius 2 is 2.07 bits per heavy atom. The van der Waals surface area contributed by atoms with E-state index >= 15 is 0 Å². The monoisotopic (exact) mass is 198 g/mol. The lowest BCUT2D eigenvalue weighted by molar-refractivity contribution is 0.559. The Kier molecular flexibility index (Phi) is 4.41. The Hall–Kier alpha value is -1.77. The van der Waals surface area contributed by atoms with E-state index in [-0.39, 0.29) is 0 Å². The van der Waals surface area contributed by atoms with Gasteiger partial charge < -0.3 is 5.32 Å². The van der Waals surface area contributed by atoms with Crippen LogP contribution in [0.2, 0.25) is 0 Å². The number of benzene rings is 1. The van der Waals surface area contributed by atoms with Crippen LogP contribution in [0.1, 0.15) is 24.5 Å². The second-order valence-corrected chi connectivity index (χ2v) is 3.50. The quantitative estimate of drug-likeness (QED) is 0.752. The molecular formula is C13H14N2. The van der Waals surface area contributed by atoms with Crippen LogP contribution >= 0.6 is 0 Å². The van der Waals surface area contributed by atoms with Crippen LogP contribution < -0.4 is 5.32 Å². The summed E-state index contributed by atoms with van der Waals surface area (Å²) in [6, 6.07) is 9.97. The summed E-state index contributed by atoms with van der Waals surface area (Å²) < 4.78 is 0. The third kappa shape index (κ3) is 3.85. The highest BCUT2D eigenvalue weighted by Gasteiger charge is 1.99. The molecule has 0 aliphatic rings. The molecule has 15 heavy (non-hydrogen) atoms. The molecule has 1 atom stereocenters. The molecule has 0 saturated carbocycles. The minimum absolute atomic E-state index is 0.325. The molecule has 1 N–H and O–H groups in total. The molecule has 76 valence electrons. The van der Waals surface area contributed by atoms with Gasteiger partial charge in [0.1, 0.15) is 0 Å². The van der Waals surface area contributed by atoms with Crippen LogP contribution in [0.5, 0.6) is 0 Å². The molecular weight excluding hydrogens is 184 g/mol. The fraction of sp³-hybridized carbons (Fsp3) is 0.308. The average molecular weight is 198 g/mol. The first-order valence-electron chi connectivity index (χ1n) is 4.92. The summed E-state index contributed by atoms with van der Waals surface area (Å²) in [6.07, 6.45) is 5.94. The van der Waals surface area contributed by atoms with Crippen LogP contribution in [0.3, 0.4) is 0 Å².